The Morgan fingerprint density at radius 3 is 2.77 bits per heavy atom. The second-order valence-corrected chi connectivity index (χ2v) is 9.80. The molecule has 2 amide bonds. The molecule has 200 valence electrons. The fourth-order valence-electron chi connectivity index (χ4n) is 5.02. The summed E-state index contributed by atoms with van der Waals surface area (Å²) in [6, 6.07) is 18.5. The van der Waals surface area contributed by atoms with Gasteiger partial charge in [-0.2, -0.15) is 5.10 Å². The summed E-state index contributed by atoms with van der Waals surface area (Å²) in [5.74, 6) is 0.928. The molecule has 0 saturated carbocycles. The molecular formula is C29H29N5O5. The number of benzene rings is 3. The molecular weight excluding hydrogens is 498 g/mol. The SMILES string of the molecule is COc1ccc2cc1OCC(=O)NCc1ccc(cc1)O[C@H]1CN(Cc3ccc4cn[nH]c4c3)C[C@@H]1NC2=O. The van der Waals surface area contributed by atoms with Crippen molar-refractivity contribution in [2.75, 3.05) is 26.8 Å². The van der Waals surface area contributed by atoms with Gasteiger partial charge < -0.3 is 24.8 Å². The molecule has 0 unspecified atom stereocenters. The van der Waals surface area contributed by atoms with E-state index in [2.05, 4.69) is 43.9 Å². The van der Waals surface area contributed by atoms with E-state index in [1.807, 2.05) is 30.5 Å². The third-order valence-corrected chi connectivity index (χ3v) is 7.06. The van der Waals surface area contributed by atoms with Crippen LogP contribution in [0.2, 0.25) is 0 Å². The Balaban J connectivity index is 1.27. The lowest BCUT2D eigenvalue weighted by atomic mass is 10.1. The minimum absolute atomic E-state index is 0.202. The van der Waals surface area contributed by atoms with Crippen molar-refractivity contribution in [1.29, 1.82) is 0 Å². The highest BCUT2D eigenvalue weighted by molar-refractivity contribution is 5.95. The van der Waals surface area contributed by atoms with Crippen LogP contribution in [0.3, 0.4) is 0 Å². The van der Waals surface area contributed by atoms with Crippen molar-refractivity contribution in [2.24, 2.45) is 0 Å². The number of likely N-dealkylation sites (tertiary alicyclic amines) is 1. The Labute approximate surface area is 225 Å². The highest BCUT2D eigenvalue weighted by Gasteiger charge is 2.36. The van der Waals surface area contributed by atoms with Gasteiger partial charge in [0.25, 0.3) is 11.8 Å². The fourth-order valence-corrected chi connectivity index (χ4v) is 5.02. The topological polar surface area (TPSA) is 118 Å². The summed E-state index contributed by atoms with van der Waals surface area (Å²) >= 11 is 0. The van der Waals surface area contributed by atoms with Gasteiger partial charge in [0.2, 0.25) is 0 Å². The Bertz CT molecular complexity index is 1500. The lowest BCUT2D eigenvalue weighted by molar-refractivity contribution is -0.123. The number of fused-ring (bicyclic) bond motifs is 8. The van der Waals surface area contributed by atoms with E-state index in [0.29, 0.717) is 49.0 Å². The van der Waals surface area contributed by atoms with Crippen LogP contribution in [0.5, 0.6) is 17.2 Å². The van der Waals surface area contributed by atoms with E-state index in [0.717, 1.165) is 22.0 Å². The van der Waals surface area contributed by atoms with E-state index in [1.165, 1.54) is 7.11 Å². The van der Waals surface area contributed by atoms with Crippen molar-refractivity contribution in [1.82, 2.24) is 25.7 Å². The Hall–Kier alpha value is -4.57. The van der Waals surface area contributed by atoms with Gasteiger partial charge in [-0.1, -0.05) is 24.3 Å². The molecule has 4 heterocycles. The van der Waals surface area contributed by atoms with Crippen LogP contribution in [-0.2, 0) is 17.9 Å². The van der Waals surface area contributed by atoms with Crippen LogP contribution in [0, 0.1) is 0 Å². The number of rotatable bonds is 3. The van der Waals surface area contributed by atoms with Gasteiger partial charge in [-0.25, -0.2) is 0 Å². The first kappa shape index (κ1) is 24.7. The van der Waals surface area contributed by atoms with Gasteiger partial charge in [0, 0.05) is 37.1 Å². The van der Waals surface area contributed by atoms with Crippen molar-refractivity contribution in [2.45, 2.75) is 25.2 Å². The van der Waals surface area contributed by atoms with Crippen LogP contribution >= 0.6 is 0 Å². The first-order valence-electron chi connectivity index (χ1n) is 12.8. The molecule has 3 aliphatic heterocycles. The molecule has 1 aromatic heterocycles. The largest absolute Gasteiger partial charge is 0.493 e. The van der Waals surface area contributed by atoms with Gasteiger partial charge in [-0.3, -0.25) is 19.6 Å². The zero-order chi connectivity index (χ0) is 26.8. The monoisotopic (exact) mass is 527 g/mol. The van der Waals surface area contributed by atoms with Crippen molar-refractivity contribution in [3.05, 3.63) is 83.6 Å². The molecule has 4 aromatic rings. The van der Waals surface area contributed by atoms with Gasteiger partial charge in [0.1, 0.15) is 11.9 Å². The first-order valence-corrected chi connectivity index (χ1v) is 12.8. The lowest BCUT2D eigenvalue weighted by Gasteiger charge is -2.21. The molecule has 39 heavy (non-hydrogen) atoms. The number of ether oxygens (including phenoxy) is 3. The van der Waals surface area contributed by atoms with Crippen LogP contribution in [0.25, 0.3) is 10.9 Å². The maximum absolute atomic E-state index is 13.4. The summed E-state index contributed by atoms with van der Waals surface area (Å²) in [7, 11) is 1.51. The van der Waals surface area contributed by atoms with E-state index < -0.39 is 0 Å². The zero-order valence-corrected chi connectivity index (χ0v) is 21.5. The summed E-state index contributed by atoms with van der Waals surface area (Å²) in [6.45, 7) is 2.13. The fraction of sp³-hybridized carbons (Fsp3) is 0.276. The average Bonchev–Trinajstić information content (AvgIpc) is 3.57. The molecule has 1 saturated heterocycles. The number of H-pyrrole nitrogens is 1. The summed E-state index contributed by atoms with van der Waals surface area (Å²) in [6.07, 6.45) is 1.54. The van der Waals surface area contributed by atoms with Gasteiger partial charge in [0.15, 0.2) is 18.1 Å². The Morgan fingerprint density at radius 1 is 1.05 bits per heavy atom. The van der Waals surface area contributed by atoms with Crippen molar-refractivity contribution in [3.63, 3.8) is 0 Å². The molecule has 10 heteroatoms. The number of hydrogen-bond acceptors (Lipinski definition) is 7. The molecule has 2 atom stereocenters. The van der Waals surface area contributed by atoms with E-state index in [-0.39, 0.29) is 30.6 Å². The van der Waals surface area contributed by atoms with E-state index in [9.17, 15) is 9.59 Å². The van der Waals surface area contributed by atoms with Crippen LogP contribution in [0.4, 0.5) is 0 Å². The van der Waals surface area contributed by atoms with Gasteiger partial charge >= 0.3 is 0 Å². The number of aromatic amines is 1. The maximum atomic E-state index is 13.4. The number of aromatic nitrogens is 2. The molecule has 0 spiro atoms. The predicted octanol–water partition coefficient (Wildman–Crippen LogP) is 2.64. The molecule has 4 bridgehead atoms. The number of nitrogens with zero attached hydrogens (tertiary/aromatic N) is 2. The normalized spacial score (nSPS) is 19.9. The zero-order valence-electron chi connectivity index (χ0n) is 21.5. The summed E-state index contributed by atoms with van der Waals surface area (Å²) in [5, 5.41) is 14.2. The number of amides is 2. The number of nitrogens with one attached hydrogen (secondary N) is 3. The molecule has 10 nitrogen and oxygen atoms in total. The summed E-state index contributed by atoms with van der Waals surface area (Å²) in [4.78, 5) is 28.0. The minimum Gasteiger partial charge on any atom is -0.493 e. The summed E-state index contributed by atoms with van der Waals surface area (Å²) in [5.41, 5.74) is 3.48. The van der Waals surface area contributed by atoms with E-state index in [1.54, 1.807) is 18.2 Å². The number of hydrogen-bond donors (Lipinski definition) is 3. The number of carbonyl (C=O) groups is 2. The van der Waals surface area contributed by atoms with Crippen LogP contribution in [0.1, 0.15) is 21.5 Å². The second-order valence-electron chi connectivity index (χ2n) is 9.80. The van der Waals surface area contributed by atoms with Crippen LogP contribution in [-0.4, -0.2) is 65.9 Å². The smallest absolute Gasteiger partial charge is 0.258 e. The molecule has 3 aromatic carbocycles. The molecule has 3 N–H and O–H groups in total. The second kappa shape index (κ2) is 10.7. The maximum Gasteiger partial charge on any atom is 0.258 e. The minimum atomic E-state index is -0.280. The molecule has 7 rings (SSSR count). The van der Waals surface area contributed by atoms with Gasteiger partial charge in [0.05, 0.1) is 24.9 Å². The van der Waals surface area contributed by atoms with Crippen LogP contribution < -0.4 is 24.8 Å². The molecule has 3 aliphatic rings. The predicted molar refractivity (Wildman–Crippen MR) is 144 cm³/mol. The Kier molecular flexibility index (Phi) is 6.76. The third kappa shape index (κ3) is 5.51. The third-order valence-electron chi connectivity index (χ3n) is 7.06. The van der Waals surface area contributed by atoms with Crippen LogP contribution in [0.15, 0.2) is 66.9 Å². The van der Waals surface area contributed by atoms with E-state index >= 15 is 0 Å². The molecule has 0 aliphatic carbocycles. The molecule has 0 radical (unpaired) electrons. The highest BCUT2D eigenvalue weighted by atomic mass is 16.5. The summed E-state index contributed by atoms with van der Waals surface area (Å²) < 4.78 is 17.5. The van der Waals surface area contributed by atoms with Crippen molar-refractivity contribution >= 4 is 22.7 Å². The van der Waals surface area contributed by atoms with Crippen molar-refractivity contribution < 1.29 is 23.8 Å². The van der Waals surface area contributed by atoms with E-state index in [4.69, 9.17) is 14.2 Å². The Morgan fingerprint density at radius 2 is 1.92 bits per heavy atom. The lowest BCUT2D eigenvalue weighted by Crippen LogP contribution is -2.45. The highest BCUT2D eigenvalue weighted by Crippen LogP contribution is 2.29. The standard InChI is InChI=1S/C29H29N5O5/c1-37-25-9-6-20-11-26(25)38-17-28(35)30-12-18-3-7-22(8-4-18)39-27-16-34(15-24(27)32-29(20)36)14-19-2-5-21-13-31-33-23(21)10-19/h2-11,13,24,27H,12,14-17H2,1H3,(H,30,35)(H,31,33)(H,32,36)/t24-,27-/m0/s1. The quantitative estimate of drug-likeness (QED) is 0.375. The van der Waals surface area contributed by atoms with Gasteiger partial charge in [-0.05, 0) is 47.5 Å². The number of carbonyl (C=O) groups excluding carboxylic acids is 2. The average molecular weight is 528 g/mol. The van der Waals surface area contributed by atoms with Crippen molar-refractivity contribution in [3.8, 4) is 17.2 Å². The van der Waals surface area contributed by atoms with Gasteiger partial charge in [-0.15, -0.1) is 0 Å². The first-order chi connectivity index (χ1) is 19.0. The molecule has 1 fully saturated rings. The number of methoxy groups -OCH3 is 1.